The highest BCUT2D eigenvalue weighted by Gasteiger charge is 2.33. The lowest BCUT2D eigenvalue weighted by molar-refractivity contribution is 0.0429. The maximum Gasteiger partial charge on any atom is 0.407 e. The van der Waals surface area contributed by atoms with Crippen LogP contribution in [0.3, 0.4) is 0 Å². The molecule has 3 N–H and O–H groups in total. The summed E-state index contributed by atoms with van der Waals surface area (Å²) in [4.78, 5) is 24.0. The Morgan fingerprint density at radius 3 is 2.44 bits per heavy atom. The van der Waals surface area contributed by atoms with E-state index in [1.807, 2.05) is 30.3 Å². The number of carbonyl (C=O) groups is 2. The van der Waals surface area contributed by atoms with Crippen molar-refractivity contribution >= 4 is 12.2 Å². The minimum Gasteiger partial charge on any atom is -0.445 e. The lowest BCUT2D eigenvalue weighted by Gasteiger charge is -2.36. The maximum atomic E-state index is 12.0. The fourth-order valence-corrected chi connectivity index (χ4v) is 3.18. The zero-order valence-electron chi connectivity index (χ0n) is 16.2. The first-order valence-corrected chi connectivity index (χ1v) is 9.34. The Bertz CT molecular complexity index is 615. The average molecular weight is 378 g/mol. The fourth-order valence-electron chi connectivity index (χ4n) is 3.18. The molecule has 0 saturated heterocycles. The Morgan fingerprint density at radius 1 is 1.11 bits per heavy atom. The van der Waals surface area contributed by atoms with Gasteiger partial charge in [0.1, 0.15) is 12.2 Å². The Kier molecular flexibility index (Phi) is 7.47. The molecule has 7 heteroatoms. The van der Waals surface area contributed by atoms with Gasteiger partial charge in [0.25, 0.3) is 0 Å². The summed E-state index contributed by atoms with van der Waals surface area (Å²) in [5.74, 6) is -0.148. The highest BCUT2D eigenvalue weighted by molar-refractivity contribution is 5.68. The Balaban J connectivity index is 1.78. The summed E-state index contributed by atoms with van der Waals surface area (Å²) in [6.07, 6.45) is 0.946. The van der Waals surface area contributed by atoms with Gasteiger partial charge in [-0.1, -0.05) is 30.3 Å². The number of amides is 2. The highest BCUT2D eigenvalue weighted by atomic mass is 16.6. The molecule has 1 aliphatic rings. The molecule has 0 radical (unpaired) electrons. The van der Waals surface area contributed by atoms with Crippen LogP contribution in [-0.4, -0.2) is 41.6 Å². The maximum absolute atomic E-state index is 12.0. The van der Waals surface area contributed by atoms with Crippen molar-refractivity contribution in [3.05, 3.63) is 35.9 Å². The molecule has 1 aromatic rings. The number of aliphatic hydroxyl groups excluding tert-OH is 1. The lowest BCUT2D eigenvalue weighted by atomic mass is 9.82. The van der Waals surface area contributed by atoms with Gasteiger partial charge in [0, 0.05) is 24.6 Å². The number of rotatable bonds is 5. The van der Waals surface area contributed by atoms with Crippen molar-refractivity contribution in [2.24, 2.45) is 5.92 Å². The van der Waals surface area contributed by atoms with E-state index in [2.05, 4.69) is 10.6 Å². The number of benzene rings is 1. The van der Waals surface area contributed by atoms with E-state index in [-0.39, 0.29) is 31.2 Å². The molecule has 1 aromatic carbocycles. The number of alkyl carbamates (subject to hydrolysis) is 2. The fraction of sp³-hybridized carbons (Fsp3) is 0.600. The first-order valence-electron chi connectivity index (χ1n) is 9.34. The third kappa shape index (κ3) is 7.46. The van der Waals surface area contributed by atoms with Crippen LogP contribution in [0.25, 0.3) is 0 Å². The number of aliphatic hydroxyl groups is 1. The van der Waals surface area contributed by atoms with Crippen LogP contribution >= 0.6 is 0 Å². The molecule has 1 saturated carbocycles. The summed E-state index contributed by atoms with van der Waals surface area (Å²) in [5.41, 5.74) is 0.353. The van der Waals surface area contributed by atoms with Gasteiger partial charge in [-0.25, -0.2) is 9.59 Å². The molecule has 27 heavy (non-hydrogen) atoms. The molecule has 1 aliphatic carbocycles. The van der Waals surface area contributed by atoms with Crippen LogP contribution in [0.2, 0.25) is 0 Å². The number of ether oxygens (including phenoxy) is 2. The van der Waals surface area contributed by atoms with E-state index in [0.717, 1.165) is 5.56 Å². The minimum atomic E-state index is -0.569. The van der Waals surface area contributed by atoms with Crippen molar-refractivity contribution in [1.29, 1.82) is 0 Å². The van der Waals surface area contributed by atoms with Gasteiger partial charge in [0.15, 0.2) is 0 Å². The summed E-state index contributed by atoms with van der Waals surface area (Å²) in [6, 6.07) is 9.20. The van der Waals surface area contributed by atoms with Crippen LogP contribution in [0, 0.1) is 5.92 Å². The Labute approximate surface area is 160 Å². The smallest absolute Gasteiger partial charge is 0.407 e. The van der Waals surface area contributed by atoms with E-state index in [1.54, 1.807) is 20.8 Å². The second kappa shape index (κ2) is 9.60. The average Bonchev–Trinajstić information content (AvgIpc) is 2.60. The van der Waals surface area contributed by atoms with E-state index in [1.165, 1.54) is 0 Å². The van der Waals surface area contributed by atoms with Gasteiger partial charge in [-0.15, -0.1) is 0 Å². The molecule has 0 heterocycles. The molecule has 2 amide bonds. The first kappa shape index (κ1) is 21.0. The van der Waals surface area contributed by atoms with Gasteiger partial charge in [-0.05, 0) is 45.6 Å². The summed E-state index contributed by atoms with van der Waals surface area (Å²) in [5, 5.41) is 15.4. The predicted octanol–water partition coefficient (Wildman–Crippen LogP) is 2.97. The SMILES string of the molecule is CC(C)(C)OC(=O)NC1CCC(NC(=O)OCc2ccccc2)CC1CO. The highest BCUT2D eigenvalue weighted by Crippen LogP contribution is 2.25. The van der Waals surface area contributed by atoms with Crippen molar-refractivity contribution in [3.8, 4) is 0 Å². The molecule has 0 aliphatic heterocycles. The van der Waals surface area contributed by atoms with E-state index >= 15 is 0 Å². The molecule has 7 nitrogen and oxygen atoms in total. The van der Waals surface area contributed by atoms with Gasteiger partial charge in [-0.2, -0.15) is 0 Å². The Morgan fingerprint density at radius 2 is 1.81 bits per heavy atom. The molecule has 3 unspecified atom stereocenters. The summed E-state index contributed by atoms with van der Waals surface area (Å²) in [7, 11) is 0. The third-order valence-corrected chi connectivity index (χ3v) is 4.45. The predicted molar refractivity (Wildman–Crippen MR) is 101 cm³/mol. The van der Waals surface area contributed by atoms with Crippen LogP contribution in [0.15, 0.2) is 30.3 Å². The number of nitrogens with one attached hydrogen (secondary N) is 2. The van der Waals surface area contributed by atoms with Gasteiger partial charge in [-0.3, -0.25) is 0 Å². The molecule has 150 valence electrons. The van der Waals surface area contributed by atoms with E-state index < -0.39 is 17.8 Å². The monoisotopic (exact) mass is 378 g/mol. The quantitative estimate of drug-likeness (QED) is 0.732. The van der Waals surface area contributed by atoms with Crippen LogP contribution in [0.5, 0.6) is 0 Å². The van der Waals surface area contributed by atoms with Crippen LogP contribution in [0.4, 0.5) is 9.59 Å². The molecule has 2 rings (SSSR count). The molecule has 3 atom stereocenters. The van der Waals surface area contributed by atoms with Crippen molar-refractivity contribution < 1.29 is 24.2 Å². The van der Waals surface area contributed by atoms with Crippen molar-refractivity contribution in [2.45, 2.75) is 64.3 Å². The molecule has 0 spiro atoms. The Hall–Kier alpha value is -2.28. The zero-order chi connectivity index (χ0) is 19.9. The second-order valence-electron chi connectivity index (χ2n) is 7.91. The van der Waals surface area contributed by atoms with Gasteiger partial charge < -0.3 is 25.2 Å². The van der Waals surface area contributed by atoms with Crippen LogP contribution in [-0.2, 0) is 16.1 Å². The van der Waals surface area contributed by atoms with E-state index in [4.69, 9.17) is 9.47 Å². The summed E-state index contributed by atoms with van der Waals surface area (Å²) >= 11 is 0. The first-order chi connectivity index (χ1) is 12.8. The summed E-state index contributed by atoms with van der Waals surface area (Å²) in [6.45, 7) is 5.55. The van der Waals surface area contributed by atoms with Crippen LogP contribution < -0.4 is 10.6 Å². The molecular weight excluding hydrogens is 348 g/mol. The van der Waals surface area contributed by atoms with Gasteiger partial charge in [0.2, 0.25) is 0 Å². The lowest BCUT2D eigenvalue weighted by Crippen LogP contribution is -2.50. The normalized spacial score (nSPS) is 22.6. The standard InChI is InChI=1S/C20H30N2O5/c1-20(2,3)27-19(25)22-17-10-9-16(11-15(17)12-23)21-18(24)26-13-14-7-5-4-6-8-14/h4-8,15-17,23H,9-13H2,1-3H3,(H,21,24)(H,22,25). The minimum absolute atomic E-state index is 0.0717. The largest absolute Gasteiger partial charge is 0.445 e. The van der Waals surface area contributed by atoms with Crippen LogP contribution in [0.1, 0.15) is 45.6 Å². The molecule has 0 bridgehead atoms. The van der Waals surface area contributed by atoms with E-state index in [0.29, 0.717) is 19.3 Å². The molecular formula is C20H30N2O5. The molecule has 1 fully saturated rings. The zero-order valence-corrected chi connectivity index (χ0v) is 16.2. The number of hydrogen-bond donors (Lipinski definition) is 3. The third-order valence-electron chi connectivity index (χ3n) is 4.45. The molecule has 0 aromatic heterocycles. The second-order valence-corrected chi connectivity index (χ2v) is 7.91. The van der Waals surface area contributed by atoms with Crippen molar-refractivity contribution in [2.75, 3.05) is 6.61 Å². The topological polar surface area (TPSA) is 96.9 Å². The summed E-state index contributed by atoms with van der Waals surface area (Å²) < 4.78 is 10.5. The number of hydrogen-bond acceptors (Lipinski definition) is 5. The van der Waals surface area contributed by atoms with Gasteiger partial charge >= 0.3 is 12.2 Å². The van der Waals surface area contributed by atoms with Crippen molar-refractivity contribution in [3.63, 3.8) is 0 Å². The number of carbonyl (C=O) groups excluding carboxylic acids is 2. The van der Waals surface area contributed by atoms with Gasteiger partial charge in [0.05, 0.1) is 0 Å². The van der Waals surface area contributed by atoms with Crippen molar-refractivity contribution in [1.82, 2.24) is 10.6 Å². The van der Waals surface area contributed by atoms with E-state index in [9.17, 15) is 14.7 Å².